The molecule has 0 spiro atoms. The third-order valence-corrected chi connectivity index (χ3v) is 6.71. The molecule has 194 valence electrons. The maximum Gasteiger partial charge on any atom is 0.278 e. The largest absolute Gasteiger partial charge is 0.497 e. The Morgan fingerprint density at radius 2 is 1.53 bits per heavy atom. The molecule has 3 aromatic carbocycles. The summed E-state index contributed by atoms with van der Waals surface area (Å²) < 4.78 is 5.17. The van der Waals surface area contributed by atoms with Gasteiger partial charge in [0, 0.05) is 40.0 Å². The van der Waals surface area contributed by atoms with Crippen LogP contribution in [-0.2, 0) is 9.59 Å². The SMILES string of the molecule is COc1ccc(NC2=C(Sc3ccc(NC(=O)c4ccc([N+](=O)[O-])cc4)cc3)C(=O)N(C(C)C)C2=O)cc1. The first-order valence-electron chi connectivity index (χ1n) is 11.5. The average Bonchev–Trinajstić information content (AvgIpc) is 3.14. The summed E-state index contributed by atoms with van der Waals surface area (Å²) in [5.74, 6) is -0.549. The topological polar surface area (TPSA) is 131 Å². The summed E-state index contributed by atoms with van der Waals surface area (Å²) in [6.45, 7) is 3.55. The summed E-state index contributed by atoms with van der Waals surface area (Å²) in [6, 6.07) is 18.8. The number of thioether (sulfide) groups is 1. The second-order valence-corrected chi connectivity index (χ2v) is 9.60. The molecular formula is C27H24N4O6S. The van der Waals surface area contributed by atoms with Crippen LogP contribution in [0.4, 0.5) is 17.1 Å². The lowest BCUT2D eigenvalue weighted by atomic mass is 10.2. The zero-order chi connectivity index (χ0) is 27.4. The van der Waals surface area contributed by atoms with E-state index >= 15 is 0 Å². The maximum atomic E-state index is 13.2. The fourth-order valence-corrected chi connectivity index (χ4v) is 4.61. The van der Waals surface area contributed by atoms with Crippen LogP contribution < -0.4 is 15.4 Å². The molecule has 0 saturated heterocycles. The van der Waals surface area contributed by atoms with E-state index in [0.29, 0.717) is 22.0 Å². The molecule has 3 aromatic rings. The van der Waals surface area contributed by atoms with E-state index in [1.165, 1.54) is 29.2 Å². The Morgan fingerprint density at radius 3 is 2.08 bits per heavy atom. The predicted molar refractivity (Wildman–Crippen MR) is 144 cm³/mol. The molecule has 0 bridgehead atoms. The van der Waals surface area contributed by atoms with Crippen molar-refractivity contribution in [2.75, 3.05) is 17.7 Å². The third-order valence-electron chi connectivity index (χ3n) is 5.62. The lowest BCUT2D eigenvalue weighted by Crippen LogP contribution is -2.38. The van der Waals surface area contributed by atoms with Crippen LogP contribution in [0, 0.1) is 10.1 Å². The molecule has 1 heterocycles. The molecule has 38 heavy (non-hydrogen) atoms. The highest BCUT2D eigenvalue weighted by molar-refractivity contribution is 8.04. The Labute approximate surface area is 222 Å². The average molecular weight is 533 g/mol. The summed E-state index contributed by atoms with van der Waals surface area (Å²) in [5, 5.41) is 16.6. The van der Waals surface area contributed by atoms with Crippen LogP contribution in [-0.4, -0.2) is 40.7 Å². The van der Waals surface area contributed by atoms with Crippen molar-refractivity contribution in [1.29, 1.82) is 0 Å². The van der Waals surface area contributed by atoms with Crippen molar-refractivity contribution in [2.24, 2.45) is 0 Å². The van der Waals surface area contributed by atoms with Crippen molar-refractivity contribution < 1.29 is 24.0 Å². The molecule has 0 radical (unpaired) electrons. The number of carbonyl (C=O) groups excluding carboxylic acids is 3. The van der Waals surface area contributed by atoms with Crippen molar-refractivity contribution >= 4 is 46.5 Å². The summed E-state index contributed by atoms with van der Waals surface area (Å²) in [4.78, 5) is 51.2. The minimum atomic E-state index is -0.533. The van der Waals surface area contributed by atoms with Crippen molar-refractivity contribution in [3.8, 4) is 5.75 Å². The number of nitrogens with zero attached hydrogens (tertiary/aromatic N) is 2. The van der Waals surface area contributed by atoms with E-state index in [4.69, 9.17) is 4.74 Å². The Kier molecular flexibility index (Phi) is 7.77. The molecule has 0 saturated carbocycles. The van der Waals surface area contributed by atoms with E-state index in [2.05, 4.69) is 10.6 Å². The van der Waals surface area contributed by atoms with Crippen LogP contribution in [0.2, 0.25) is 0 Å². The zero-order valence-corrected chi connectivity index (χ0v) is 21.6. The molecule has 4 rings (SSSR count). The molecule has 1 aliphatic heterocycles. The van der Waals surface area contributed by atoms with Gasteiger partial charge in [0.15, 0.2) is 0 Å². The molecule has 0 aromatic heterocycles. The first-order chi connectivity index (χ1) is 18.2. The first kappa shape index (κ1) is 26.4. The normalized spacial score (nSPS) is 13.2. The number of nitro groups is 1. The van der Waals surface area contributed by atoms with Gasteiger partial charge in [0.2, 0.25) is 0 Å². The Morgan fingerprint density at radius 1 is 0.921 bits per heavy atom. The van der Waals surface area contributed by atoms with Crippen molar-refractivity contribution in [2.45, 2.75) is 24.8 Å². The van der Waals surface area contributed by atoms with Crippen molar-refractivity contribution in [3.63, 3.8) is 0 Å². The lowest BCUT2D eigenvalue weighted by molar-refractivity contribution is -0.384. The molecule has 3 amide bonds. The number of benzene rings is 3. The first-order valence-corrected chi connectivity index (χ1v) is 12.4. The standard InChI is InChI=1S/C27H24N4O6S/c1-16(2)30-26(33)23(28-18-6-12-21(37-3)13-7-18)24(27(30)34)38-22-14-8-19(9-15-22)29-25(32)17-4-10-20(11-5-17)31(35)36/h4-16,28H,1-3H3,(H,29,32). The smallest absolute Gasteiger partial charge is 0.278 e. The number of methoxy groups -OCH3 is 1. The number of imide groups is 1. The van der Waals surface area contributed by atoms with Crippen LogP contribution >= 0.6 is 11.8 Å². The molecular weight excluding hydrogens is 508 g/mol. The Balaban J connectivity index is 1.52. The second-order valence-electron chi connectivity index (χ2n) is 8.52. The fraction of sp³-hybridized carbons (Fsp3) is 0.148. The summed E-state index contributed by atoms with van der Waals surface area (Å²) in [6.07, 6.45) is 0. The molecule has 0 aliphatic carbocycles. The van der Waals surface area contributed by atoms with E-state index in [9.17, 15) is 24.5 Å². The van der Waals surface area contributed by atoms with Crippen LogP contribution in [0.3, 0.4) is 0 Å². The molecule has 0 unspecified atom stereocenters. The second kappa shape index (κ2) is 11.2. The number of carbonyl (C=O) groups is 3. The van der Waals surface area contributed by atoms with E-state index in [1.54, 1.807) is 69.5 Å². The number of anilines is 2. The van der Waals surface area contributed by atoms with Gasteiger partial charge in [0.25, 0.3) is 23.4 Å². The number of ether oxygens (including phenoxy) is 1. The van der Waals surface area contributed by atoms with Crippen LogP contribution in [0.15, 0.2) is 88.3 Å². The van der Waals surface area contributed by atoms with Crippen molar-refractivity contribution in [1.82, 2.24) is 4.90 Å². The lowest BCUT2D eigenvalue weighted by Gasteiger charge is -2.19. The number of amides is 3. The monoisotopic (exact) mass is 532 g/mol. The van der Waals surface area contributed by atoms with Gasteiger partial charge < -0.3 is 15.4 Å². The van der Waals surface area contributed by atoms with Crippen LogP contribution in [0.1, 0.15) is 24.2 Å². The maximum absolute atomic E-state index is 13.2. The molecule has 0 fully saturated rings. The van der Waals surface area contributed by atoms with Gasteiger partial charge in [-0.15, -0.1) is 0 Å². The van der Waals surface area contributed by atoms with Gasteiger partial charge in [-0.25, -0.2) is 0 Å². The molecule has 2 N–H and O–H groups in total. The number of nitro benzene ring substituents is 1. The molecule has 1 aliphatic rings. The van der Waals surface area contributed by atoms with Gasteiger partial charge in [-0.3, -0.25) is 29.4 Å². The number of hydrogen-bond donors (Lipinski definition) is 2. The molecule has 11 heteroatoms. The highest BCUT2D eigenvalue weighted by Crippen LogP contribution is 2.37. The van der Waals surface area contributed by atoms with E-state index in [0.717, 1.165) is 11.8 Å². The highest BCUT2D eigenvalue weighted by Gasteiger charge is 2.40. The van der Waals surface area contributed by atoms with Gasteiger partial charge in [0.1, 0.15) is 16.4 Å². The molecule has 0 atom stereocenters. The number of nitrogens with one attached hydrogen (secondary N) is 2. The number of non-ortho nitro benzene ring substituents is 1. The third kappa shape index (κ3) is 5.68. The van der Waals surface area contributed by atoms with E-state index in [-0.39, 0.29) is 33.8 Å². The van der Waals surface area contributed by atoms with E-state index in [1.807, 2.05) is 0 Å². The number of rotatable bonds is 9. The minimum absolute atomic E-state index is 0.103. The van der Waals surface area contributed by atoms with Gasteiger partial charge in [-0.2, -0.15) is 0 Å². The quantitative estimate of drug-likeness (QED) is 0.222. The minimum Gasteiger partial charge on any atom is -0.497 e. The van der Waals surface area contributed by atoms with Gasteiger partial charge >= 0.3 is 0 Å². The molecule has 10 nitrogen and oxygen atoms in total. The summed E-state index contributed by atoms with van der Waals surface area (Å²) in [5.41, 5.74) is 1.50. The van der Waals surface area contributed by atoms with Crippen molar-refractivity contribution in [3.05, 3.63) is 99.1 Å². The van der Waals surface area contributed by atoms with Gasteiger partial charge in [0.05, 0.1) is 12.0 Å². The zero-order valence-electron chi connectivity index (χ0n) is 20.8. The predicted octanol–water partition coefficient (Wildman–Crippen LogP) is 5.05. The number of hydrogen-bond acceptors (Lipinski definition) is 8. The van der Waals surface area contributed by atoms with Crippen LogP contribution in [0.5, 0.6) is 5.75 Å². The Bertz CT molecular complexity index is 1420. The highest BCUT2D eigenvalue weighted by atomic mass is 32.2. The van der Waals surface area contributed by atoms with E-state index < -0.39 is 16.7 Å². The van der Waals surface area contributed by atoms with Crippen LogP contribution in [0.25, 0.3) is 0 Å². The fourth-order valence-electron chi connectivity index (χ4n) is 3.68. The summed E-state index contributed by atoms with van der Waals surface area (Å²) in [7, 11) is 1.56. The van der Waals surface area contributed by atoms with Gasteiger partial charge in [-0.05, 0) is 74.5 Å². The van der Waals surface area contributed by atoms with Gasteiger partial charge in [-0.1, -0.05) is 11.8 Å². The Hall–Kier alpha value is -4.64. The summed E-state index contributed by atoms with van der Waals surface area (Å²) >= 11 is 1.15.